The van der Waals surface area contributed by atoms with Crippen LogP contribution in [0.25, 0.3) is 26.4 Å². The summed E-state index contributed by atoms with van der Waals surface area (Å²) >= 11 is 1.61. The minimum atomic E-state index is -1.14. The summed E-state index contributed by atoms with van der Waals surface area (Å²) in [6, 6.07) is 14.1. The van der Waals surface area contributed by atoms with Crippen molar-refractivity contribution >= 4 is 50.9 Å². The highest BCUT2D eigenvalue weighted by Crippen LogP contribution is 2.30. The van der Waals surface area contributed by atoms with Gasteiger partial charge in [-0.3, -0.25) is 14.0 Å². The lowest BCUT2D eigenvalue weighted by atomic mass is 10.1. The van der Waals surface area contributed by atoms with Crippen LogP contribution in [0.1, 0.15) is 12.8 Å². The van der Waals surface area contributed by atoms with E-state index in [1.807, 2.05) is 34.9 Å². The van der Waals surface area contributed by atoms with Gasteiger partial charge in [0.2, 0.25) is 0 Å². The van der Waals surface area contributed by atoms with Crippen molar-refractivity contribution in [3.63, 3.8) is 0 Å². The third-order valence-corrected chi connectivity index (χ3v) is 5.37. The molecule has 0 aliphatic carbocycles. The first-order valence-electron chi connectivity index (χ1n) is 8.67. The maximum atomic E-state index is 11.9. The molecule has 0 aliphatic heterocycles. The SMILES string of the molecule is Cl.NC(CCC(=O)Oc1cccc(-c2cn3c(n2)sc2ccccc23)c1)C(=O)O.O. The molecule has 4 rings (SSSR count). The minimum Gasteiger partial charge on any atom is -0.480 e. The third kappa shape index (κ3) is 4.77. The van der Waals surface area contributed by atoms with Gasteiger partial charge in [0.15, 0.2) is 4.96 Å². The van der Waals surface area contributed by atoms with Gasteiger partial charge in [0.05, 0.1) is 15.9 Å². The van der Waals surface area contributed by atoms with E-state index >= 15 is 0 Å². The van der Waals surface area contributed by atoms with Gasteiger partial charge in [0.1, 0.15) is 11.8 Å². The number of nitrogens with two attached hydrogens (primary N) is 1. The number of carboxylic acid groups (broad SMARTS) is 1. The molecule has 8 nitrogen and oxygen atoms in total. The molecule has 0 aliphatic rings. The number of nitrogens with zero attached hydrogens (tertiary/aromatic N) is 2. The second-order valence-corrected chi connectivity index (χ2v) is 7.34. The van der Waals surface area contributed by atoms with Crippen molar-refractivity contribution < 1.29 is 24.9 Å². The highest BCUT2D eigenvalue weighted by atomic mass is 35.5. The van der Waals surface area contributed by atoms with E-state index in [9.17, 15) is 9.59 Å². The zero-order valence-electron chi connectivity index (χ0n) is 15.6. The highest BCUT2D eigenvalue weighted by Gasteiger charge is 2.15. The van der Waals surface area contributed by atoms with Crippen LogP contribution >= 0.6 is 23.7 Å². The summed E-state index contributed by atoms with van der Waals surface area (Å²) in [5.41, 5.74) is 8.11. The third-order valence-electron chi connectivity index (χ3n) is 4.34. The molecule has 0 amide bonds. The standard InChI is InChI=1S/C20H17N3O4S.ClH.H2O/c21-14(19(25)26)8-9-18(24)27-13-5-3-4-12(10-13)15-11-23-16-6-1-2-7-17(16)28-20(23)22-15;;/h1-7,10-11,14H,8-9,21H2,(H,25,26);1H;1H2. The molecule has 0 bridgehead atoms. The lowest BCUT2D eigenvalue weighted by Crippen LogP contribution is -2.31. The number of halogens is 1. The van der Waals surface area contributed by atoms with Crippen molar-refractivity contribution in [1.82, 2.24) is 9.38 Å². The topological polar surface area (TPSA) is 138 Å². The second-order valence-electron chi connectivity index (χ2n) is 6.33. The monoisotopic (exact) mass is 449 g/mol. The van der Waals surface area contributed by atoms with Gasteiger partial charge >= 0.3 is 11.9 Å². The Kier molecular flexibility index (Phi) is 7.52. The summed E-state index contributed by atoms with van der Waals surface area (Å²) in [6.45, 7) is 0. The van der Waals surface area contributed by atoms with Crippen molar-refractivity contribution in [2.45, 2.75) is 18.9 Å². The molecule has 30 heavy (non-hydrogen) atoms. The van der Waals surface area contributed by atoms with Gasteiger partial charge in [0, 0.05) is 18.2 Å². The van der Waals surface area contributed by atoms with E-state index in [0.29, 0.717) is 5.75 Å². The van der Waals surface area contributed by atoms with Crippen LogP contribution in [0, 0.1) is 0 Å². The molecule has 1 atom stereocenters. The van der Waals surface area contributed by atoms with Crippen LogP contribution in [-0.2, 0) is 9.59 Å². The first-order chi connectivity index (χ1) is 13.5. The van der Waals surface area contributed by atoms with E-state index in [2.05, 4.69) is 11.1 Å². The molecule has 0 fully saturated rings. The van der Waals surface area contributed by atoms with Gasteiger partial charge in [-0.2, -0.15) is 0 Å². The molecule has 0 spiro atoms. The van der Waals surface area contributed by atoms with Gasteiger partial charge < -0.3 is 21.1 Å². The summed E-state index contributed by atoms with van der Waals surface area (Å²) in [5.74, 6) is -1.28. The fourth-order valence-electron chi connectivity index (χ4n) is 2.89. The van der Waals surface area contributed by atoms with E-state index < -0.39 is 18.0 Å². The molecule has 0 radical (unpaired) electrons. The average Bonchev–Trinajstić information content (AvgIpc) is 3.24. The number of aliphatic carboxylic acids is 1. The Balaban J connectivity index is 0.00000160. The minimum absolute atomic E-state index is 0. The van der Waals surface area contributed by atoms with Crippen LogP contribution in [0.15, 0.2) is 54.7 Å². The second kappa shape index (κ2) is 9.68. The Morgan fingerprint density at radius 2 is 1.97 bits per heavy atom. The maximum absolute atomic E-state index is 11.9. The summed E-state index contributed by atoms with van der Waals surface area (Å²) < 4.78 is 8.52. The zero-order valence-corrected chi connectivity index (χ0v) is 17.3. The highest BCUT2D eigenvalue weighted by molar-refractivity contribution is 7.23. The van der Waals surface area contributed by atoms with E-state index in [1.54, 1.807) is 29.5 Å². The van der Waals surface area contributed by atoms with Gasteiger partial charge in [0.25, 0.3) is 0 Å². The molecule has 0 saturated heterocycles. The number of hydrogen-bond acceptors (Lipinski definition) is 6. The number of carboxylic acids is 1. The zero-order chi connectivity index (χ0) is 19.7. The van der Waals surface area contributed by atoms with Crippen molar-refractivity contribution in [2.75, 3.05) is 0 Å². The molecule has 2 aromatic heterocycles. The summed E-state index contributed by atoms with van der Waals surface area (Å²) in [6.07, 6.45) is 1.92. The van der Waals surface area contributed by atoms with Crippen LogP contribution in [0.2, 0.25) is 0 Å². The number of fused-ring (bicyclic) bond motifs is 3. The Morgan fingerprint density at radius 1 is 1.20 bits per heavy atom. The Morgan fingerprint density at radius 3 is 2.73 bits per heavy atom. The van der Waals surface area contributed by atoms with E-state index in [0.717, 1.165) is 21.7 Å². The number of esters is 1. The first kappa shape index (κ1) is 23.3. The predicted octanol–water partition coefficient (Wildman–Crippen LogP) is 2.91. The van der Waals surface area contributed by atoms with Gasteiger partial charge in [-0.25, -0.2) is 4.98 Å². The van der Waals surface area contributed by atoms with Crippen molar-refractivity contribution in [2.24, 2.45) is 5.73 Å². The molecule has 2 heterocycles. The molecule has 4 aromatic rings. The van der Waals surface area contributed by atoms with Gasteiger partial charge in [-0.15, -0.1) is 12.4 Å². The van der Waals surface area contributed by atoms with Crippen molar-refractivity contribution in [3.05, 3.63) is 54.7 Å². The summed E-state index contributed by atoms with van der Waals surface area (Å²) in [4.78, 5) is 28.2. The van der Waals surface area contributed by atoms with E-state index in [1.165, 1.54) is 4.70 Å². The van der Waals surface area contributed by atoms with E-state index in [4.69, 9.17) is 15.6 Å². The largest absolute Gasteiger partial charge is 0.480 e. The quantitative estimate of drug-likeness (QED) is 0.342. The van der Waals surface area contributed by atoms with Crippen molar-refractivity contribution in [3.8, 4) is 17.0 Å². The lowest BCUT2D eigenvalue weighted by Gasteiger charge is -2.07. The molecule has 2 aromatic carbocycles. The lowest BCUT2D eigenvalue weighted by molar-refractivity contribution is -0.139. The number of carbonyl (C=O) groups excluding carboxylic acids is 1. The van der Waals surface area contributed by atoms with Crippen LogP contribution < -0.4 is 10.5 Å². The molecular weight excluding hydrogens is 430 g/mol. The first-order valence-corrected chi connectivity index (χ1v) is 9.49. The van der Waals surface area contributed by atoms with Crippen LogP contribution in [0.5, 0.6) is 5.75 Å². The molecule has 10 heteroatoms. The fourth-order valence-corrected chi connectivity index (χ4v) is 3.89. The number of thiazole rings is 1. The van der Waals surface area contributed by atoms with Crippen LogP contribution in [-0.4, -0.2) is 37.9 Å². The van der Waals surface area contributed by atoms with Crippen LogP contribution in [0.3, 0.4) is 0 Å². The molecular formula is C20H20ClN3O5S. The molecule has 0 saturated carbocycles. The number of benzene rings is 2. The number of hydrogen-bond donors (Lipinski definition) is 2. The smallest absolute Gasteiger partial charge is 0.320 e. The number of ether oxygens (including phenoxy) is 1. The summed E-state index contributed by atoms with van der Waals surface area (Å²) in [7, 11) is 0. The molecule has 5 N–H and O–H groups in total. The Hall–Kier alpha value is -2.98. The van der Waals surface area contributed by atoms with E-state index in [-0.39, 0.29) is 30.7 Å². The number of carbonyl (C=O) groups is 2. The average molecular weight is 450 g/mol. The van der Waals surface area contributed by atoms with Crippen molar-refractivity contribution in [1.29, 1.82) is 0 Å². The number of aromatic nitrogens is 2. The Labute approximate surface area is 181 Å². The number of para-hydroxylation sites is 1. The normalized spacial score (nSPS) is 11.5. The van der Waals surface area contributed by atoms with Gasteiger partial charge in [-0.05, 0) is 30.7 Å². The number of imidazole rings is 1. The maximum Gasteiger partial charge on any atom is 0.320 e. The predicted molar refractivity (Wildman–Crippen MR) is 117 cm³/mol. The molecule has 1 unspecified atom stereocenters. The summed E-state index contributed by atoms with van der Waals surface area (Å²) in [5, 5.41) is 8.77. The Bertz CT molecular complexity index is 1190. The molecule has 158 valence electrons. The van der Waals surface area contributed by atoms with Gasteiger partial charge in [-0.1, -0.05) is 35.6 Å². The van der Waals surface area contributed by atoms with Crippen LogP contribution in [0.4, 0.5) is 0 Å². The number of rotatable bonds is 6. The fraction of sp³-hybridized carbons (Fsp3) is 0.150.